The van der Waals surface area contributed by atoms with Gasteiger partial charge in [-0.3, -0.25) is 4.57 Å². The summed E-state index contributed by atoms with van der Waals surface area (Å²) in [6.07, 6.45) is 0. The minimum Gasteiger partial charge on any atom is -0.485 e. The summed E-state index contributed by atoms with van der Waals surface area (Å²) in [5.74, 6) is 1.52. The molecule has 0 radical (unpaired) electrons. The summed E-state index contributed by atoms with van der Waals surface area (Å²) in [4.78, 5) is 0. The molecule has 2 aromatic carbocycles. The molecule has 126 valence electrons. The zero-order valence-corrected chi connectivity index (χ0v) is 14.9. The maximum Gasteiger partial charge on any atom is 0.197 e. The molecule has 5 nitrogen and oxygen atoms in total. The molecule has 3 aromatic rings. The summed E-state index contributed by atoms with van der Waals surface area (Å²) in [5, 5.41) is 18.1. The molecular formula is C19H18N4OS. The molecule has 0 aliphatic heterocycles. The molecule has 0 spiro atoms. The van der Waals surface area contributed by atoms with Gasteiger partial charge in [0.05, 0.1) is 11.3 Å². The normalized spacial score (nSPS) is 11.7. The standard InChI is InChI=1S/C19H18N4OS/c1-14-8-6-7-11-17(14)24-13-18-21-22-19(25-15(2)12-20)23(18)16-9-4-3-5-10-16/h3-11,15H,13H2,1-2H3. The summed E-state index contributed by atoms with van der Waals surface area (Å²) in [6, 6.07) is 19.9. The average molecular weight is 350 g/mol. The van der Waals surface area contributed by atoms with E-state index in [0.717, 1.165) is 17.0 Å². The minimum atomic E-state index is -0.211. The molecule has 0 saturated carbocycles. The number of nitriles is 1. The summed E-state index contributed by atoms with van der Waals surface area (Å²) >= 11 is 1.38. The third-order valence-electron chi connectivity index (χ3n) is 3.63. The first-order valence-corrected chi connectivity index (χ1v) is 8.81. The molecule has 0 aliphatic rings. The lowest BCUT2D eigenvalue weighted by Crippen LogP contribution is -2.07. The highest BCUT2D eigenvalue weighted by Gasteiger charge is 2.17. The fourth-order valence-corrected chi connectivity index (χ4v) is 3.12. The van der Waals surface area contributed by atoms with Crippen LogP contribution in [-0.4, -0.2) is 20.0 Å². The van der Waals surface area contributed by atoms with E-state index in [0.29, 0.717) is 17.6 Å². The lowest BCUT2D eigenvalue weighted by atomic mass is 10.2. The quantitative estimate of drug-likeness (QED) is 0.625. The zero-order chi connectivity index (χ0) is 17.6. The van der Waals surface area contributed by atoms with E-state index in [2.05, 4.69) is 16.3 Å². The molecule has 0 aliphatic carbocycles. The van der Waals surface area contributed by atoms with Crippen molar-refractivity contribution in [3.05, 3.63) is 66.0 Å². The fourth-order valence-electron chi connectivity index (χ4n) is 2.35. The molecule has 6 heteroatoms. The summed E-state index contributed by atoms with van der Waals surface area (Å²) in [7, 11) is 0. The second-order valence-corrected chi connectivity index (χ2v) is 6.82. The maximum atomic E-state index is 9.09. The van der Waals surface area contributed by atoms with Crippen LogP contribution in [0.1, 0.15) is 18.3 Å². The second-order valence-electron chi connectivity index (χ2n) is 5.51. The van der Waals surface area contributed by atoms with E-state index in [1.54, 1.807) is 0 Å². The SMILES string of the molecule is Cc1ccccc1OCc1nnc(SC(C)C#N)n1-c1ccccc1. The van der Waals surface area contributed by atoms with E-state index in [1.165, 1.54) is 11.8 Å². The van der Waals surface area contributed by atoms with Crippen molar-refractivity contribution in [2.75, 3.05) is 0 Å². The van der Waals surface area contributed by atoms with Crippen LogP contribution in [0.25, 0.3) is 5.69 Å². The van der Waals surface area contributed by atoms with Crippen LogP contribution < -0.4 is 4.74 Å². The van der Waals surface area contributed by atoms with Crippen molar-refractivity contribution in [3.8, 4) is 17.5 Å². The Bertz CT molecular complexity index is 886. The molecule has 25 heavy (non-hydrogen) atoms. The number of benzene rings is 2. The van der Waals surface area contributed by atoms with Crippen molar-refractivity contribution in [3.63, 3.8) is 0 Å². The molecule has 0 bridgehead atoms. The van der Waals surface area contributed by atoms with Gasteiger partial charge in [-0.25, -0.2) is 0 Å². The Kier molecular flexibility index (Phi) is 5.36. The topological polar surface area (TPSA) is 63.7 Å². The van der Waals surface area contributed by atoms with Gasteiger partial charge >= 0.3 is 0 Å². The Morgan fingerprint density at radius 3 is 2.56 bits per heavy atom. The maximum absolute atomic E-state index is 9.09. The third kappa shape index (κ3) is 4.01. The molecule has 1 aromatic heterocycles. The van der Waals surface area contributed by atoms with Crippen molar-refractivity contribution in [2.45, 2.75) is 30.9 Å². The lowest BCUT2D eigenvalue weighted by molar-refractivity contribution is 0.291. The first-order valence-electron chi connectivity index (χ1n) is 7.93. The Labute approximate surface area is 151 Å². The van der Waals surface area contributed by atoms with E-state index in [4.69, 9.17) is 10.00 Å². The predicted molar refractivity (Wildman–Crippen MR) is 97.8 cm³/mol. The number of ether oxygens (including phenoxy) is 1. The number of para-hydroxylation sites is 2. The largest absolute Gasteiger partial charge is 0.485 e. The van der Waals surface area contributed by atoms with Gasteiger partial charge < -0.3 is 4.74 Å². The zero-order valence-electron chi connectivity index (χ0n) is 14.1. The molecule has 0 fully saturated rings. The molecule has 3 rings (SSSR count). The molecule has 1 atom stereocenters. The van der Waals surface area contributed by atoms with Crippen LogP contribution in [0.3, 0.4) is 0 Å². The monoisotopic (exact) mass is 350 g/mol. The van der Waals surface area contributed by atoms with Gasteiger partial charge in [-0.1, -0.05) is 48.2 Å². The van der Waals surface area contributed by atoms with Crippen LogP contribution in [0.15, 0.2) is 59.8 Å². The van der Waals surface area contributed by atoms with E-state index >= 15 is 0 Å². The number of hydrogen-bond donors (Lipinski definition) is 0. The number of rotatable bonds is 6. The van der Waals surface area contributed by atoms with Crippen molar-refractivity contribution < 1.29 is 4.74 Å². The number of aryl methyl sites for hydroxylation is 1. The van der Waals surface area contributed by atoms with Gasteiger partial charge in [0.25, 0.3) is 0 Å². The van der Waals surface area contributed by atoms with Gasteiger partial charge in [-0.2, -0.15) is 5.26 Å². The van der Waals surface area contributed by atoms with Crippen LogP contribution in [-0.2, 0) is 6.61 Å². The molecule has 0 N–H and O–H groups in total. The number of aromatic nitrogens is 3. The van der Waals surface area contributed by atoms with Crippen molar-refractivity contribution in [1.29, 1.82) is 5.26 Å². The Morgan fingerprint density at radius 1 is 1.12 bits per heavy atom. The first kappa shape index (κ1) is 17.1. The van der Waals surface area contributed by atoms with Crippen molar-refractivity contribution in [2.24, 2.45) is 0 Å². The van der Waals surface area contributed by atoms with Gasteiger partial charge in [-0.05, 0) is 37.6 Å². The molecular weight excluding hydrogens is 332 g/mol. The van der Waals surface area contributed by atoms with Gasteiger partial charge in [-0.15, -0.1) is 10.2 Å². The number of nitrogens with zero attached hydrogens (tertiary/aromatic N) is 4. The van der Waals surface area contributed by atoms with Crippen LogP contribution >= 0.6 is 11.8 Å². The van der Waals surface area contributed by atoms with Gasteiger partial charge in [0.15, 0.2) is 11.0 Å². The van der Waals surface area contributed by atoms with Crippen LogP contribution in [0.5, 0.6) is 5.75 Å². The van der Waals surface area contributed by atoms with Crippen LogP contribution in [0, 0.1) is 18.3 Å². The smallest absolute Gasteiger partial charge is 0.197 e. The summed E-state index contributed by atoms with van der Waals surface area (Å²) in [6.45, 7) is 4.15. The molecule has 0 amide bonds. The molecule has 1 unspecified atom stereocenters. The van der Waals surface area contributed by atoms with E-state index in [9.17, 15) is 0 Å². The van der Waals surface area contributed by atoms with Gasteiger partial charge in [0, 0.05) is 5.69 Å². The van der Waals surface area contributed by atoms with Gasteiger partial charge in [0.2, 0.25) is 0 Å². The van der Waals surface area contributed by atoms with Gasteiger partial charge in [0.1, 0.15) is 12.4 Å². The average Bonchev–Trinajstić information content (AvgIpc) is 3.04. The van der Waals surface area contributed by atoms with Crippen LogP contribution in [0.4, 0.5) is 0 Å². The highest BCUT2D eigenvalue weighted by atomic mass is 32.2. The third-order valence-corrected chi connectivity index (χ3v) is 4.56. The van der Waals surface area contributed by atoms with Crippen molar-refractivity contribution in [1.82, 2.24) is 14.8 Å². The summed E-state index contributed by atoms with van der Waals surface area (Å²) < 4.78 is 7.87. The fraction of sp³-hybridized carbons (Fsp3) is 0.211. The van der Waals surface area contributed by atoms with Crippen LogP contribution in [0.2, 0.25) is 0 Å². The molecule has 1 heterocycles. The number of thioether (sulfide) groups is 1. The summed E-state index contributed by atoms with van der Waals surface area (Å²) in [5.41, 5.74) is 2.02. The minimum absolute atomic E-state index is 0.211. The van der Waals surface area contributed by atoms with Crippen molar-refractivity contribution >= 4 is 11.8 Å². The Morgan fingerprint density at radius 2 is 1.84 bits per heavy atom. The Hall–Kier alpha value is -2.78. The number of hydrogen-bond acceptors (Lipinski definition) is 5. The highest BCUT2D eigenvalue weighted by molar-refractivity contribution is 8.00. The predicted octanol–water partition coefficient (Wildman–Crippen LogP) is 4.16. The Balaban J connectivity index is 1.91. The van der Waals surface area contributed by atoms with E-state index in [-0.39, 0.29) is 5.25 Å². The first-order chi connectivity index (χ1) is 12.2. The second kappa shape index (κ2) is 7.86. The molecule has 0 saturated heterocycles. The highest BCUT2D eigenvalue weighted by Crippen LogP contribution is 2.26. The lowest BCUT2D eigenvalue weighted by Gasteiger charge is -2.12. The van der Waals surface area contributed by atoms with E-state index < -0.39 is 0 Å². The van der Waals surface area contributed by atoms with E-state index in [1.807, 2.05) is 73.0 Å².